The van der Waals surface area contributed by atoms with Crippen molar-refractivity contribution >= 4 is 21.5 Å². The Hall–Kier alpha value is -2.08. The van der Waals surface area contributed by atoms with Gasteiger partial charge in [-0.05, 0) is 24.1 Å². The molecule has 0 radical (unpaired) electrons. The van der Waals surface area contributed by atoms with E-state index >= 15 is 0 Å². The number of aromatic nitrogens is 1. The molecule has 1 aromatic carbocycles. The van der Waals surface area contributed by atoms with Crippen LogP contribution in [0.2, 0.25) is 0 Å². The fraction of sp³-hybridized carbons (Fsp3) is 0.312. The van der Waals surface area contributed by atoms with Gasteiger partial charge in [-0.15, -0.1) is 0 Å². The van der Waals surface area contributed by atoms with Crippen molar-refractivity contribution in [2.75, 3.05) is 15.8 Å². The summed E-state index contributed by atoms with van der Waals surface area (Å²) in [6.45, 7) is 2.64. The normalized spacial score (nSPS) is 11.1. The third-order valence-electron chi connectivity index (χ3n) is 3.12. The third-order valence-corrected chi connectivity index (χ3v) is 4.49. The lowest BCUT2D eigenvalue weighted by Gasteiger charge is -2.09. The lowest BCUT2D eigenvalue weighted by atomic mass is 10.2. The van der Waals surface area contributed by atoms with Crippen LogP contribution in [0.25, 0.3) is 0 Å². The van der Waals surface area contributed by atoms with Crippen LogP contribution in [0, 0.1) is 0 Å². The predicted molar refractivity (Wildman–Crippen MR) is 90.3 cm³/mol. The Morgan fingerprint density at radius 2 is 1.86 bits per heavy atom. The van der Waals surface area contributed by atoms with Crippen molar-refractivity contribution in [2.24, 2.45) is 0 Å². The molecule has 0 aliphatic heterocycles. The molecule has 22 heavy (non-hydrogen) atoms. The Balaban J connectivity index is 1.90. The smallest absolute Gasteiger partial charge is 0.232 e. The minimum Gasteiger partial charge on any atom is -0.366 e. The SMILES string of the molecule is CCCCS(=O)(=O)Nc1ccc(NCc2ccccc2)nc1. The largest absolute Gasteiger partial charge is 0.366 e. The molecule has 0 unspecified atom stereocenters. The molecule has 6 heteroatoms. The first-order chi connectivity index (χ1) is 10.6. The van der Waals surface area contributed by atoms with Crippen LogP contribution in [-0.2, 0) is 16.6 Å². The van der Waals surface area contributed by atoms with Gasteiger partial charge in [0.2, 0.25) is 10.0 Å². The molecule has 2 rings (SSSR count). The highest BCUT2D eigenvalue weighted by Gasteiger charge is 2.09. The number of anilines is 2. The van der Waals surface area contributed by atoms with Gasteiger partial charge in [-0.25, -0.2) is 13.4 Å². The number of nitrogens with zero attached hydrogens (tertiary/aromatic N) is 1. The Labute approximate surface area is 131 Å². The van der Waals surface area contributed by atoms with Gasteiger partial charge in [0.25, 0.3) is 0 Å². The van der Waals surface area contributed by atoms with E-state index in [4.69, 9.17) is 0 Å². The zero-order valence-electron chi connectivity index (χ0n) is 12.6. The molecule has 118 valence electrons. The van der Waals surface area contributed by atoms with Crippen LogP contribution in [0.4, 0.5) is 11.5 Å². The molecule has 0 saturated carbocycles. The minimum atomic E-state index is -3.28. The van der Waals surface area contributed by atoms with Gasteiger partial charge in [-0.3, -0.25) is 4.72 Å². The number of hydrogen-bond donors (Lipinski definition) is 2. The fourth-order valence-electron chi connectivity index (χ4n) is 1.91. The van der Waals surface area contributed by atoms with Gasteiger partial charge in [-0.2, -0.15) is 0 Å². The Bertz CT molecular complexity index is 670. The van der Waals surface area contributed by atoms with E-state index in [2.05, 4.69) is 15.0 Å². The zero-order valence-corrected chi connectivity index (χ0v) is 13.4. The minimum absolute atomic E-state index is 0.136. The molecule has 0 amide bonds. The Morgan fingerprint density at radius 1 is 1.09 bits per heavy atom. The summed E-state index contributed by atoms with van der Waals surface area (Å²) < 4.78 is 26.1. The van der Waals surface area contributed by atoms with Crippen molar-refractivity contribution in [2.45, 2.75) is 26.3 Å². The maximum Gasteiger partial charge on any atom is 0.232 e. The lowest BCUT2D eigenvalue weighted by Crippen LogP contribution is -2.16. The second-order valence-electron chi connectivity index (χ2n) is 5.05. The zero-order chi connectivity index (χ0) is 15.8. The first-order valence-electron chi connectivity index (χ1n) is 7.33. The first kappa shape index (κ1) is 16.3. The quantitative estimate of drug-likeness (QED) is 0.783. The van der Waals surface area contributed by atoms with Gasteiger partial charge >= 0.3 is 0 Å². The van der Waals surface area contributed by atoms with E-state index in [0.29, 0.717) is 24.5 Å². The van der Waals surface area contributed by atoms with E-state index in [1.165, 1.54) is 6.20 Å². The summed E-state index contributed by atoms with van der Waals surface area (Å²) in [5.74, 6) is 0.845. The van der Waals surface area contributed by atoms with Crippen LogP contribution in [0.1, 0.15) is 25.3 Å². The van der Waals surface area contributed by atoms with Gasteiger partial charge in [-0.1, -0.05) is 43.7 Å². The number of unbranched alkanes of at least 4 members (excludes halogenated alkanes) is 1. The van der Waals surface area contributed by atoms with Gasteiger partial charge in [0, 0.05) is 6.54 Å². The maximum atomic E-state index is 11.8. The Kier molecular flexibility index (Phi) is 5.77. The van der Waals surface area contributed by atoms with Crippen molar-refractivity contribution in [3.8, 4) is 0 Å². The van der Waals surface area contributed by atoms with Gasteiger partial charge < -0.3 is 5.32 Å². The monoisotopic (exact) mass is 319 g/mol. The highest BCUT2D eigenvalue weighted by molar-refractivity contribution is 7.92. The molecule has 1 aromatic heterocycles. The van der Waals surface area contributed by atoms with Crippen LogP contribution in [0.5, 0.6) is 0 Å². The van der Waals surface area contributed by atoms with Crippen molar-refractivity contribution in [1.29, 1.82) is 0 Å². The summed E-state index contributed by atoms with van der Waals surface area (Å²) in [7, 11) is -3.28. The van der Waals surface area contributed by atoms with Crippen LogP contribution in [0.15, 0.2) is 48.7 Å². The van der Waals surface area contributed by atoms with E-state index in [1.807, 2.05) is 37.3 Å². The topological polar surface area (TPSA) is 71.1 Å². The highest BCUT2D eigenvalue weighted by Crippen LogP contribution is 2.13. The summed E-state index contributed by atoms with van der Waals surface area (Å²) >= 11 is 0. The standard InChI is InChI=1S/C16H21N3O2S/c1-2-3-11-22(20,21)19-15-9-10-16(18-13-15)17-12-14-7-5-4-6-8-14/h4-10,13,19H,2-3,11-12H2,1H3,(H,17,18). The van der Waals surface area contributed by atoms with E-state index in [-0.39, 0.29) is 5.75 Å². The summed E-state index contributed by atoms with van der Waals surface area (Å²) in [5.41, 5.74) is 1.65. The summed E-state index contributed by atoms with van der Waals surface area (Å²) in [6.07, 6.45) is 3.03. The molecule has 0 aliphatic carbocycles. The molecule has 5 nitrogen and oxygen atoms in total. The van der Waals surface area contributed by atoms with E-state index in [9.17, 15) is 8.42 Å². The number of hydrogen-bond acceptors (Lipinski definition) is 4. The number of sulfonamides is 1. The summed E-state index contributed by atoms with van der Waals surface area (Å²) in [4.78, 5) is 4.22. The molecule has 0 aliphatic rings. The summed E-state index contributed by atoms with van der Waals surface area (Å²) in [6, 6.07) is 13.5. The van der Waals surface area contributed by atoms with Crippen LogP contribution in [0.3, 0.4) is 0 Å². The molecule has 0 spiro atoms. The van der Waals surface area contributed by atoms with E-state index in [1.54, 1.807) is 12.1 Å². The molecular formula is C16H21N3O2S. The van der Waals surface area contributed by atoms with E-state index < -0.39 is 10.0 Å². The maximum absolute atomic E-state index is 11.8. The highest BCUT2D eigenvalue weighted by atomic mass is 32.2. The first-order valence-corrected chi connectivity index (χ1v) is 8.98. The molecule has 2 aromatic rings. The Morgan fingerprint density at radius 3 is 2.50 bits per heavy atom. The molecule has 0 atom stereocenters. The van der Waals surface area contributed by atoms with Crippen LogP contribution in [-0.4, -0.2) is 19.2 Å². The number of nitrogens with one attached hydrogen (secondary N) is 2. The molecule has 0 fully saturated rings. The molecular weight excluding hydrogens is 298 g/mol. The van der Waals surface area contributed by atoms with Crippen molar-refractivity contribution in [1.82, 2.24) is 4.98 Å². The van der Waals surface area contributed by atoms with Gasteiger partial charge in [0.15, 0.2) is 0 Å². The number of benzene rings is 1. The predicted octanol–water partition coefficient (Wildman–Crippen LogP) is 3.24. The van der Waals surface area contributed by atoms with Crippen LogP contribution >= 0.6 is 0 Å². The molecule has 0 saturated heterocycles. The average molecular weight is 319 g/mol. The van der Waals surface area contributed by atoms with Crippen molar-refractivity contribution in [3.05, 3.63) is 54.2 Å². The fourth-order valence-corrected chi connectivity index (χ4v) is 3.16. The van der Waals surface area contributed by atoms with Gasteiger partial charge in [0.1, 0.15) is 5.82 Å². The average Bonchev–Trinajstić information content (AvgIpc) is 2.53. The second-order valence-corrected chi connectivity index (χ2v) is 6.89. The van der Waals surface area contributed by atoms with Crippen molar-refractivity contribution < 1.29 is 8.42 Å². The number of rotatable bonds is 8. The number of pyridine rings is 1. The van der Waals surface area contributed by atoms with E-state index in [0.717, 1.165) is 12.0 Å². The molecule has 2 N–H and O–H groups in total. The van der Waals surface area contributed by atoms with Crippen molar-refractivity contribution in [3.63, 3.8) is 0 Å². The van der Waals surface area contributed by atoms with Crippen LogP contribution < -0.4 is 10.0 Å². The third kappa shape index (κ3) is 5.37. The van der Waals surface area contributed by atoms with Gasteiger partial charge in [0.05, 0.1) is 17.6 Å². The second kappa shape index (κ2) is 7.79. The summed E-state index contributed by atoms with van der Waals surface area (Å²) in [5, 5.41) is 3.20. The molecule has 0 bridgehead atoms. The molecule has 1 heterocycles. The lowest BCUT2D eigenvalue weighted by molar-refractivity contribution is 0.598.